The Balaban J connectivity index is 2.22. The van der Waals surface area contributed by atoms with Crippen molar-refractivity contribution in [2.24, 2.45) is 0 Å². The maximum atomic E-state index is 12.1. The number of carbonyl (C=O) groups excluding carboxylic acids is 1. The third-order valence-electron chi connectivity index (χ3n) is 2.83. The number of benzene rings is 1. The molecule has 0 radical (unpaired) electrons. The van der Waals surface area contributed by atoms with Crippen molar-refractivity contribution < 1.29 is 31.5 Å². The number of phenolic OH excluding ortho intramolecular Hbond substituents is 1. The molecule has 6 nitrogen and oxygen atoms in total. The maximum absolute atomic E-state index is 12.1. The number of hydrogen-bond donors (Lipinski definition) is 2. The summed E-state index contributed by atoms with van der Waals surface area (Å²) in [6, 6.07) is 3.50. The highest BCUT2D eigenvalue weighted by Gasteiger charge is 2.35. The van der Waals surface area contributed by atoms with Gasteiger partial charge in [-0.25, -0.2) is 9.03 Å². The van der Waals surface area contributed by atoms with Gasteiger partial charge in [0.25, 0.3) is 5.91 Å². The minimum atomic E-state index is -4.32. The zero-order chi connectivity index (χ0) is 15.8. The van der Waals surface area contributed by atoms with Crippen LogP contribution in [0.4, 0.5) is 18.9 Å². The van der Waals surface area contributed by atoms with Gasteiger partial charge in [0.15, 0.2) is 0 Å². The van der Waals surface area contributed by atoms with Crippen LogP contribution in [0.15, 0.2) is 18.2 Å². The molecule has 2 rings (SSSR count). The van der Waals surface area contributed by atoms with Crippen molar-refractivity contribution in [2.45, 2.75) is 19.0 Å². The third-order valence-corrected chi connectivity index (χ3v) is 4.22. The molecule has 1 heterocycles. The minimum absolute atomic E-state index is 0.163. The Morgan fingerprint density at radius 1 is 1.33 bits per heavy atom. The quantitative estimate of drug-likeness (QED) is 0.871. The molecule has 1 aromatic rings. The van der Waals surface area contributed by atoms with Crippen molar-refractivity contribution in [3.05, 3.63) is 23.8 Å². The number of aromatic hydroxyl groups is 1. The Hall–Kier alpha value is -1.97. The van der Waals surface area contributed by atoms with Crippen LogP contribution in [0.1, 0.15) is 12.0 Å². The molecule has 1 fully saturated rings. The summed E-state index contributed by atoms with van der Waals surface area (Å²) in [4.78, 5) is 11.1. The van der Waals surface area contributed by atoms with Crippen LogP contribution in [-0.2, 0) is 21.4 Å². The summed E-state index contributed by atoms with van der Waals surface area (Å²) in [5.41, 5.74) is 0.0496. The molecule has 21 heavy (non-hydrogen) atoms. The van der Waals surface area contributed by atoms with E-state index >= 15 is 0 Å². The second kappa shape index (κ2) is 5.10. The van der Waals surface area contributed by atoms with E-state index < -0.39 is 41.0 Å². The Labute approximate surface area is 118 Å². The molecule has 0 spiro atoms. The van der Waals surface area contributed by atoms with Gasteiger partial charge >= 0.3 is 16.4 Å². The smallest absolute Gasteiger partial charge is 0.389 e. The first kappa shape index (κ1) is 15.4. The van der Waals surface area contributed by atoms with Gasteiger partial charge in [0.2, 0.25) is 0 Å². The van der Waals surface area contributed by atoms with Crippen molar-refractivity contribution >= 4 is 21.8 Å². The van der Waals surface area contributed by atoms with Gasteiger partial charge in [0, 0.05) is 6.42 Å². The van der Waals surface area contributed by atoms with Gasteiger partial charge in [0.05, 0.1) is 5.69 Å². The van der Waals surface area contributed by atoms with E-state index in [-0.39, 0.29) is 17.7 Å². The van der Waals surface area contributed by atoms with Crippen LogP contribution in [0.25, 0.3) is 0 Å². The van der Waals surface area contributed by atoms with E-state index in [1.165, 1.54) is 12.1 Å². The predicted molar refractivity (Wildman–Crippen MR) is 66.9 cm³/mol. The molecule has 2 N–H and O–H groups in total. The molecule has 0 aromatic heterocycles. The summed E-state index contributed by atoms with van der Waals surface area (Å²) in [6.07, 6.45) is -5.70. The lowest BCUT2D eigenvalue weighted by Crippen LogP contribution is -2.29. The van der Waals surface area contributed by atoms with Crippen molar-refractivity contribution in [1.82, 2.24) is 4.72 Å². The van der Waals surface area contributed by atoms with E-state index in [2.05, 4.69) is 0 Å². The molecular formula is C11H11F3N2O4S. The number of rotatable bonds is 3. The Morgan fingerprint density at radius 2 is 2.00 bits per heavy atom. The van der Waals surface area contributed by atoms with Gasteiger partial charge in [-0.3, -0.25) is 4.79 Å². The zero-order valence-corrected chi connectivity index (χ0v) is 11.3. The summed E-state index contributed by atoms with van der Waals surface area (Å²) in [7, 11) is -4.07. The van der Waals surface area contributed by atoms with Crippen molar-refractivity contribution in [1.29, 1.82) is 0 Å². The van der Waals surface area contributed by atoms with Crippen LogP contribution in [-0.4, -0.2) is 32.2 Å². The van der Waals surface area contributed by atoms with Crippen LogP contribution in [0.5, 0.6) is 5.75 Å². The van der Waals surface area contributed by atoms with Gasteiger partial charge in [-0.15, -0.1) is 0 Å². The SMILES string of the molecule is O=C1CN(c2ccc(CCC(F)(F)F)cc2O)S(=O)(=O)N1. The van der Waals surface area contributed by atoms with E-state index in [0.29, 0.717) is 4.31 Å². The molecule has 0 bridgehead atoms. The van der Waals surface area contributed by atoms with Crippen molar-refractivity contribution in [2.75, 3.05) is 10.8 Å². The number of halogens is 3. The second-order valence-electron chi connectivity index (χ2n) is 4.48. The molecule has 116 valence electrons. The molecule has 0 unspecified atom stereocenters. The molecule has 1 amide bonds. The lowest BCUT2D eigenvalue weighted by Gasteiger charge is -2.16. The van der Waals surface area contributed by atoms with Crippen LogP contribution < -0.4 is 9.03 Å². The summed E-state index contributed by atoms with van der Waals surface area (Å²) in [6.45, 7) is -0.488. The maximum Gasteiger partial charge on any atom is 0.389 e. The lowest BCUT2D eigenvalue weighted by atomic mass is 10.1. The highest BCUT2D eigenvalue weighted by molar-refractivity contribution is 7.92. The standard InChI is InChI=1S/C11H11F3N2O4S/c12-11(13,14)4-3-7-1-2-8(9(17)5-7)16-6-10(18)15-21(16,19)20/h1-2,5,17H,3-4,6H2,(H,15,18). The van der Waals surface area contributed by atoms with Crippen molar-refractivity contribution in [3.63, 3.8) is 0 Å². The summed E-state index contributed by atoms with van der Waals surface area (Å²) in [5, 5.41) is 9.77. The first-order valence-corrected chi connectivity index (χ1v) is 7.24. The largest absolute Gasteiger partial charge is 0.506 e. The Kier molecular flexibility index (Phi) is 3.74. The fourth-order valence-corrected chi connectivity index (χ4v) is 3.05. The first-order valence-electron chi connectivity index (χ1n) is 5.80. The fraction of sp³-hybridized carbons (Fsp3) is 0.364. The molecule has 1 aliphatic heterocycles. The van der Waals surface area contributed by atoms with Crippen LogP contribution >= 0.6 is 0 Å². The zero-order valence-electron chi connectivity index (χ0n) is 10.5. The average molecular weight is 324 g/mol. The minimum Gasteiger partial charge on any atom is -0.506 e. The number of aryl methyl sites for hydroxylation is 1. The summed E-state index contributed by atoms with van der Waals surface area (Å²) >= 11 is 0. The average Bonchev–Trinajstić information content (AvgIpc) is 2.59. The van der Waals surface area contributed by atoms with Crippen LogP contribution in [0.3, 0.4) is 0 Å². The number of phenols is 1. The second-order valence-corrected chi connectivity index (χ2v) is 6.07. The first-order chi connectivity index (χ1) is 9.58. The topological polar surface area (TPSA) is 86.7 Å². The van der Waals surface area contributed by atoms with Gasteiger partial charge in [-0.05, 0) is 24.1 Å². The van der Waals surface area contributed by atoms with Gasteiger partial charge < -0.3 is 5.11 Å². The van der Waals surface area contributed by atoms with Gasteiger partial charge in [0.1, 0.15) is 12.3 Å². The van der Waals surface area contributed by atoms with E-state index in [0.717, 1.165) is 6.07 Å². The Bertz CT molecular complexity index is 673. The van der Waals surface area contributed by atoms with E-state index in [4.69, 9.17) is 0 Å². The molecule has 0 saturated carbocycles. The number of nitrogens with one attached hydrogen (secondary N) is 1. The lowest BCUT2D eigenvalue weighted by molar-refractivity contribution is -0.134. The molecular weight excluding hydrogens is 313 g/mol. The molecule has 1 aromatic carbocycles. The van der Waals surface area contributed by atoms with Gasteiger partial charge in [-0.2, -0.15) is 21.6 Å². The summed E-state index contributed by atoms with van der Waals surface area (Å²) in [5.74, 6) is -1.26. The van der Waals surface area contributed by atoms with Crippen LogP contribution in [0, 0.1) is 0 Å². The molecule has 0 aliphatic carbocycles. The molecule has 0 atom stereocenters. The number of carbonyl (C=O) groups is 1. The van der Waals surface area contributed by atoms with Crippen LogP contribution in [0.2, 0.25) is 0 Å². The predicted octanol–water partition coefficient (Wildman–Crippen LogP) is 1.07. The number of anilines is 1. The highest BCUT2D eigenvalue weighted by Crippen LogP contribution is 2.32. The highest BCUT2D eigenvalue weighted by atomic mass is 32.2. The fourth-order valence-electron chi connectivity index (χ4n) is 1.88. The van der Waals surface area contributed by atoms with Crippen molar-refractivity contribution in [3.8, 4) is 5.75 Å². The van der Waals surface area contributed by atoms with E-state index in [1.807, 2.05) is 0 Å². The Morgan fingerprint density at radius 3 is 2.48 bits per heavy atom. The van der Waals surface area contributed by atoms with E-state index in [9.17, 15) is 31.5 Å². The molecule has 10 heteroatoms. The third kappa shape index (κ3) is 3.57. The molecule has 1 saturated heterocycles. The number of amides is 1. The van der Waals surface area contributed by atoms with Gasteiger partial charge in [-0.1, -0.05) is 6.07 Å². The molecule has 1 aliphatic rings. The van der Waals surface area contributed by atoms with E-state index in [1.54, 1.807) is 4.72 Å². The number of nitrogens with zero attached hydrogens (tertiary/aromatic N) is 1. The summed E-state index contributed by atoms with van der Waals surface area (Å²) < 4.78 is 61.9. The monoisotopic (exact) mass is 324 g/mol. The normalized spacial score (nSPS) is 17.9. The number of alkyl halides is 3. The number of hydrogen-bond acceptors (Lipinski definition) is 4.